The minimum Gasteiger partial charge on any atom is -0.441 e. The molecule has 0 saturated carbocycles. The molecule has 4 rings (SSSR count). The van der Waals surface area contributed by atoms with Gasteiger partial charge in [0.15, 0.2) is 0 Å². The summed E-state index contributed by atoms with van der Waals surface area (Å²) >= 11 is 5.98. The minimum atomic E-state index is -0.528. The number of aryl methyl sites for hydroxylation is 1. The highest BCUT2D eigenvalue weighted by molar-refractivity contribution is 6.34. The molecule has 0 unspecified atom stereocenters. The molecule has 29 heavy (non-hydrogen) atoms. The van der Waals surface area contributed by atoms with Gasteiger partial charge in [-0.3, -0.25) is 9.48 Å². The predicted octanol–water partition coefficient (Wildman–Crippen LogP) is 4.94. The number of carbonyl (C=O) groups is 1. The summed E-state index contributed by atoms with van der Waals surface area (Å²) in [6.45, 7) is 2.37. The number of benzene rings is 2. The number of halogens is 2. The molecule has 0 fully saturated rings. The maximum atomic E-state index is 13.4. The molecule has 146 valence electrons. The van der Waals surface area contributed by atoms with E-state index in [0.717, 1.165) is 17.3 Å². The van der Waals surface area contributed by atoms with Crippen LogP contribution in [-0.2, 0) is 6.54 Å². The first-order valence-electron chi connectivity index (χ1n) is 8.80. The SMILES string of the molecule is Cc1oc(-c2ccc(NC(=O)c3cc(F)ccc3Cl)cc2)nc1Cn1cccn1. The number of amides is 1. The average molecular weight is 411 g/mol. The molecular formula is C21H16ClFN4O2. The number of oxazole rings is 1. The van der Waals surface area contributed by atoms with E-state index in [2.05, 4.69) is 15.4 Å². The van der Waals surface area contributed by atoms with Crippen LogP contribution in [0.4, 0.5) is 10.1 Å². The van der Waals surface area contributed by atoms with Crippen LogP contribution < -0.4 is 5.32 Å². The van der Waals surface area contributed by atoms with Crippen molar-refractivity contribution in [2.75, 3.05) is 5.32 Å². The summed E-state index contributed by atoms with van der Waals surface area (Å²) in [5, 5.41) is 7.05. The Hall–Kier alpha value is -3.45. The van der Waals surface area contributed by atoms with Crippen molar-refractivity contribution < 1.29 is 13.6 Å². The Morgan fingerprint density at radius 1 is 1.24 bits per heavy atom. The zero-order valence-corrected chi connectivity index (χ0v) is 16.2. The van der Waals surface area contributed by atoms with Crippen LogP contribution in [0.3, 0.4) is 0 Å². The van der Waals surface area contributed by atoms with Gasteiger partial charge < -0.3 is 9.73 Å². The summed E-state index contributed by atoms with van der Waals surface area (Å²) in [4.78, 5) is 16.9. The summed E-state index contributed by atoms with van der Waals surface area (Å²) < 4.78 is 20.9. The molecule has 2 aromatic carbocycles. The largest absolute Gasteiger partial charge is 0.441 e. The third-order valence-corrected chi connectivity index (χ3v) is 4.66. The van der Waals surface area contributed by atoms with E-state index in [9.17, 15) is 9.18 Å². The van der Waals surface area contributed by atoms with Crippen LogP contribution >= 0.6 is 11.6 Å². The normalized spacial score (nSPS) is 10.9. The van der Waals surface area contributed by atoms with Gasteiger partial charge in [-0.05, 0) is 55.5 Å². The molecule has 0 bridgehead atoms. The fourth-order valence-corrected chi connectivity index (χ4v) is 3.02. The first-order chi connectivity index (χ1) is 14.0. The quantitative estimate of drug-likeness (QED) is 0.505. The van der Waals surface area contributed by atoms with E-state index in [0.29, 0.717) is 23.9 Å². The molecule has 0 aliphatic heterocycles. The predicted molar refractivity (Wildman–Crippen MR) is 107 cm³/mol. The third kappa shape index (κ3) is 4.20. The first-order valence-corrected chi connectivity index (χ1v) is 9.18. The molecule has 0 atom stereocenters. The monoisotopic (exact) mass is 410 g/mol. The van der Waals surface area contributed by atoms with Gasteiger partial charge in [0, 0.05) is 23.6 Å². The van der Waals surface area contributed by atoms with Crippen LogP contribution in [-0.4, -0.2) is 20.7 Å². The second-order valence-electron chi connectivity index (χ2n) is 6.38. The third-order valence-electron chi connectivity index (χ3n) is 4.33. The Balaban J connectivity index is 1.49. The van der Waals surface area contributed by atoms with E-state index in [1.165, 1.54) is 12.1 Å². The summed E-state index contributed by atoms with van der Waals surface area (Å²) in [6, 6.07) is 12.5. The standard InChI is InChI=1S/C21H16ClFN4O2/c1-13-19(12-27-10-2-9-24-27)26-21(29-13)14-3-6-16(7-4-14)25-20(28)17-11-15(23)5-8-18(17)22/h2-11H,12H2,1H3,(H,25,28). The lowest BCUT2D eigenvalue weighted by Gasteiger charge is -2.07. The summed E-state index contributed by atoms with van der Waals surface area (Å²) in [6.07, 6.45) is 3.57. The Morgan fingerprint density at radius 3 is 2.76 bits per heavy atom. The Labute approximate surface area is 170 Å². The van der Waals surface area contributed by atoms with Crippen molar-refractivity contribution in [2.45, 2.75) is 13.5 Å². The smallest absolute Gasteiger partial charge is 0.257 e. The van der Waals surface area contributed by atoms with Gasteiger partial charge in [-0.2, -0.15) is 5.10 Å². The molecule has 4 aromatic rings. The lowest BCUT2D eigenvalue weighted by atomic mass is 10.1. The summed E-state index contributed by atoms with van der Waals surface area (Å²) in [5.41, 5.74) is 2.17. The van der Waals surface area contributed by atoms with Gasteiger partial charge in [-0.25, -0.2) is 9.37 Å². The van der Waals surface area contributed by atoms with Crippen molar-refractivity contribution in [1.82, 2.24) is 14.8 Å². The first kappa shape index (κ1) is 18.9. The van der Waals surface area contributed by atoms with Crippen LogP contribution in [0.2, 0.25) is 5.02 Å². The molecule has 8 heteroatoms. The van der Waals surface area contributed by atoms with Crippen LogP contribution in [0, 0.1) is 12.7 Å². The zero-order chi connectivity index (χ0) is 20.4. The Morgan fingerprint density at radius 2 is 2.03 bits per heavy atom. The van der Waals surface area contributed by atoms with Gasteiger partial charge in [0.2, 0.25) is 5.89 Å². The van der Waals surface area contributed by atoms with Gasteiger partial charge in [-0.1, -0.05) is 11.6 Å². The molecule has 6 nitrogen and oxygen atoms in total. The van der Waals surface area contributed by atoms with E-state index in [4.69, 9.17) is 16.0 Å². The molecule has 2 heterocycles. The highest BCUT2D eigenvalue weighted by atomic mass is 35.5. The van der Waals surface area contributed by atoms with E-state index in [-0.39, 0.29) is 10.6 Å². The number of hydrogen-bond donors (Lipinski definition) is 1. The van der Waals surface area contributed by atoms with E-state index < -0.39 is 11.7 Å². The molecule has 0 spiro atoms. The lowest BCUT2D eigenvalue weighted by Crippen LogP contribution is -2.12. The van der Waals surface area contributed by atoms with Crippen molar-refractivity contribution in [3.63, 3.8) is 0 Å². The van der Waals surface area contributed by atoms with Crippen molar-refractivity contribution >= 4 is 23.2 Å². The maximum Gasteiger partial charge on any atom is 0.257 e. The van der Waals surface area contributed by atoms with Gasteiger partial charge in [0.05, 0.1) is 17.1 Å². The molecule has 1 amide bonds. The zero-order valence-electron chi connectivity index (χ0n) is 15.4. The highest BCUT2D eigenvalue weighted by Crippen LogP contribution is 2.25. The van der Waals surface area contributed by atoms with Crippen LogP contribution in [0.1, 0.15) is 21.8 Å². The van der Waals surface area contributed by atoms with Gasteiger partial charge >= 0.3 is 0 Å². The molecule has 0 aliphatic rings. The van der Waals surface area contributed by atoms with Crippen molar-refractivity contribution in [1.29, 1.82) is 0 Å². The summed E-state index contributed by atoms with van der Waals surface area (Å²) in [5.74, 6) is 0.181. The summed E-state index contributed by atoms with van der Waals surface area (Å²) in [7, 11) is 0. The lowest BCUT2D eigenvalue weighted by molar-refractivity contribution is 0.102. The minimum absolute atomic E-state index is 0.0716. The topological polar surface area (TPSA) is 73.0 Å². The van der Waals surface area contributed by atoms with Gasteiger partial charge in [0.25, 0.3) is 5.91 Å². The Kier molecular flexibility index (Phi) is 5.14. The van der Waals surface area contributed by atoms with Gasteiger partial charge in [0.1, 0.15) is 17.3 Å². The number of rotatable bonds is 5. The molecule has 0 saturated heterocycles. The number of carbonyl (C=O) groups excluding carboxylic acids is 1. The second kappa shape index (κ2) is 7.89. The Bertz CT molecular complexity index is 1150. The van der Waals surface area contributed by atoms with Crippen LogP contribution in [0.5, 0.6) is 0 Å². The second-order valence-corrected chi connectivity index (χ2v) is 6.79. The van der Waals surface area contributed by atoms with Crippen molar-refractivity contribution in [3.8, 4) is 11.5 Å². The maximum absolute atomic E-state index is 13.4. The molecular weight excluding hydrogens is 395 g/mol. The van der Waals surface area contributed by atoms with E-state index >= 15 is 0 Å². The van der Waals surface area contributed by atoms with Gasteiger partial charge in [-0.15, -0.1) is 0 Å². The number of nitrogens with zero attached hydrogens (tertiary/aromatic N) is 3. The number of hydrogen-bond acceptors (Lipinski definition) is 4. The number of aromatic nitrogens is 3. The fourth-order valence-electron chi connectivity index (χ4n) is 2.81. The van der Waals surface area contributed by atoms with Crippen molar-refractivity contribution in [3.05, 3.63) is 88.8 Å². The average Bonchev–Trinajstić information content (AvgIpc) is 3.35. The van der Waals surface area contributed by atoms with E-state index in [1.54, 1.807) is 35.1 Å². The van der Waals surface area contributed by atoms with E-state index in [1.807, 2.05) is 19.2 Å². The number of anilines is 1. The molecule has 1 N–H and O–H groups in total. The fraction of sp³-hybridized carbons (Fsp3) is 0.0952. The molecule has 0 radical (unpaired) electrons. The number of nitrogens with one attached hydrogen (secondary N) is 1. The molecule has 2 aromatic heterocycles. The highest BCUT2D eigenvalue weighted by Gasteiger charge is 2.14. The van der Waals surface area contributed by atoms with Crippen LogP contribution in [0.15, 0.2) is 65.3 Å². The van der Waals surface area contributed by atoms with Crippen molar-refractivity contribution in [2.24, 2.45) is 0 Å². The molecule has 0 aliphatic carbocycles. The van der Waals surface area contributed by atoms with Crippen LogP contribution in [0.25, 0.3) is 11.5 Å².